The van der Waals surface area contributed by atoms with Crippen LogP contribution in [-0.2, 0) is 0 Å². The van der Waals surface area contributed by atoms with Crippen LogP contribution in [0.25, 0.3) is 0 Å². The standard InChI is InChI=1S/C14H19Cl3N2O/c1-4-19(5-2)13(14(15,16)17)18-12(20)11-8-6-10(3)7-9-11/h6-9,13H,4-5H2,1-3H3,(H,18,20)/t13-/m1/s1. The third-order valence-electron chi connectivity index (χ3n) is 3.07. The van der Waals surface area contributed by atoms with E-state index in [0.717, 1.165) is 5.56 Å². The smallest absolute Gasteiger partial charge is 0.252 e. The molecule has 20 heavy (non-hydrogen) atoms. The third kappa shape index (κ3) is 4.81. The molecule has 1 amide bonds. The maximum Gasteiger partial charge on any atom is 0.252 e. The SMILES string of the molecule is CCN(CC)[C@@H](NC(=O)c1ccc(C)cc1)C(Cl)(Cl)Cl. The lowest BCUT2D eigenvalue weighted by molar-refractivity contribution is 0.0862. The highest BCUT2D eigenvalue weighted by atomic mass is 35.6. The lowest BCUT2D eigenvalue weighted by Crippen LogP contribution is -2.55. The molecule has 6 heteroatoms. The van der Waals surface area contributed by atoms with Crippen LogP contribution in [0.2, 0.25) is 0 Å². The Labute approximate surface area is 135 Å². The molecule has 1 aromatic rings. The van der Waals surface area contributed by atoms with Gasteiger partial charge in [0.2, 0.25) is 3.79 Å². The molecule has 0 aromatic heterocycles. The van der Waals surface area contributed by atoms with Gasteiger partial charge in [0.05, 0.1) is 0 Å². The fourth-order valence-corrected chi connectivity index (χ4v) is 2.46. The molecule has 1 N–H and O–H groups in total. The highest BCUT2D eigenvalue weighted by molar-refractivity contribution is 6.68. The molecule has 0 saturated heterocycles. The van der Waals surface area contributed by atoms with E-state index in [9.17, 15) is 4.79 Å². The summed E-state index contributed by atoms with van der Waals surface area (Å²) in [4.78, 5) is 14.1. The molecule has 0 saturated carbocycles. The second-order valence-electron chi connectivity index (χ2n) is 4.50. The van der Waals surface area contributed by atoms with Crippen molar-refractivity contribution >= 4 is 40.7 Å². The molecule has 0 spiro atoms. The van der Waals surface area contributed by atoms with Gasteiger partial charge in [0.1, 0.15) is 6.17 Å². The van der Waals surface area contributed by atoms with Crippen LogP contribution >= 0.6 is 34.8 Å². The molecule has 1 aromatic carbocycles. The second kappa shape index (κ2) is 7.51. The van der Waals surface area contributed by atoms with Gasteiger partial charge in [-0.2, -0.15) is 0 Å². The summed E-state index contributed by atoms with van der Waals surface area (Å²) in [5.41, 5.74) is 1.63. The van der Waals surface area contributed by atoms with Crippen molar-refractivity contribution in [3.05, 3.63) is 35.4 Å². The van der Waals surface area contributed by atoms with Gasteiger partial charge in [0, 0.05) is 5.56 Å². The number of amides is 1. The van der Waals surface area contributed by atoms with E-state index in [2.05, 4.69) is 5.32 Å². The summed E-state index contributed by atoms with van der Waals surface area (Å²) in [6.07, 6.45) is -0.670. The first-order valence-corrected chi connectivity index (χ1v) is 7.61. The van der Waals surface area contributed by atoms with Crippen LogP contribution in [0.3, 0.4) is 0 Å². The van der Waals surface area contributed by atoms with Crippen molar-refractivity contribution in [2.45, 2.75) is 30.7 Å². The van der Waals surface area contributed by atoms with Crippen molar-refractivity contribution in [2.75, 3.05) is 13.1 Å². The normalized spacial score (nSPS) is 13.3. The predicted octanol–water partition coefficient (Wildman–Crippen LogP) is 3.76. The summed E-state index contributed by atoms with van der Waals surface area (Å²) in [7, 11) is 0. The molecular formula is C14H19Cl3N2O. The Morgan fingerprint density at radius 2 is 1.70 bits per heavy atom. The summed E-state index contributed by atoms with van der Waals surface area (Å²) in [6, 6.07) is 7.25. The van der Waals surface area contributed by atoms with Gasteiger partial charge in [0.25, 0.3) is 5.91 Å². The fraction of sp³-hybridized carbons (Fsp3) is 0.500. The molecule has 0 bridgehead atoms. The highest BCUT2D eigenvalue weighted by Crippen LogP contribution is 2.32. The Morgan fingerprint density at radius 3 is 2.10 bits per heavy atom. The minimum atomic E-state index is -1.59. The van der Waals surface area contributed by atoms with Gasteiger partial charge in [-0.15, -0.1) is 0 Å². The Hall–Kier alpha value is -0.480. The summed E-state index contributed by atoms with van der Waals surface area (Å²) in [6.45, 7) is 7.20. The number of benzene rings is 1. The Morgan fingerprint density at radius 1 is 1.20 bits per heavy atom. The number of alkyl halides is 3. The first-order chi connectivity index (χ1) is 9.29. The Balaban J connectivity index is 2.89. The zero-order valence-electron chi connectivity index (χ0n) is 11.8. The molecule has 3 nitrogen and oxygen atoms in total. The quantitative estimate of drug-likeness (QED) is 0.655. The van der Waals surface area contributed by atoms with Crippen LogP contribution in [0, 0.1) is 6.92 Å². The highest BCUT2D eigenvalue weighted by Gasteiger charge is 2.37. The number of hydrogen-bond acceptors (Lipinski definition) is 2. The van der Waals surface area contributed by atoms with Gasteiger partial charge >= 0.3 is 0 Å². The van der Waals surface area contributed by atoms with E-state index in [4.69, 9.17) is 34.8 Å². The number of halogens is 3. The zero-order valence-corrected chi connectivity index (χ0v) is 14.1. The van der Waals surface area contributed by atoms with Gasteiger partial charge in [-0.25, -0.2) is 0 Å². The van der Waals surface area contributed by atoms with Gasteiger partial charge in [0.15, 0.2) is 0 Å². The van der Waals surface area contributed by atoms with E-state index in [-0.39, 0.29) is 5.91 Å². The van der Waals surface area contributed by atoms with E-state index >= 15 is 0 Å². The number of hydrogen-bond donors (Lipinski definition) is 1. The molecular weight excluding hydrogens is 319 g/mol. The minimum Gasteiger partial charge on any atom is -0.332 e. The number of carbonyl (C=O) groups is 1. The van der Waals surface area contributed by atoms with Crippen LogP contribution < -0.4 is 5.32 Å². The van der Waals surface area contributed by atoms with E-state index < -0.39 is 9.96 Å². The van der Waals surface area contributed by atoms with Crippen LogP contribution in [0.15, 0.2) is 24.3 Å². The monoisotopic (exact) mass is 336 g/mol. The number of nitrogens with one attached hydrogen (secondary N) is 1. The summed E-state index contributed by atoms with van der Waals surface area (Å²) < 4.78 is -1.59. The number of nitrogens with zero attached hydrogens (tertiary/aromatic N) is 1. The van der Waals surface area contributed by atoms with E-state index in [1.165, 1.54) is 0 Å². The molecule has 0 heterocycles. The van der Waals surface area contributed by atoms with Crippen LogP contribution in [-0.4, -0.2) is 33.9 Å². The largest absolute Gasteiger partial charge is 0.332 e. The van der Waals surface area contributed by atoms with E-state index in [1.54, 1.807) is 12.1 Å². The molecule has 0 aliphatic rings. The molecule has 1 atom stereocenters. The Bertz CT molecular complexity index is 439. The number of rotatable bonds is 5. The molecule has 0 radical (unpaired) electrons. The molecule has 112 valence electrons. The van der Waals surface area contributed by atoms with Crippen molar-refractivity contribution in [3.63, 3.8) is 0 Å². The van der Waals surface area contributed by atoms with Crippen molar-refractivity contribution in [3.8, 4) is 0 Å². The van der Waals surface area contributed by atoms with Crippen molar-refractivity contribution in [1.82, 2.24) is 10.2 Å². The number of carbonyl (C=O) groups excluding carboxylic acids is 1. The second-order valence-corrected chi connectivity index (χ2v) is 6.87. The van der Waals surface area contributed by atoms with Gasteiger partial charge in [-0.1, -0.05) is 66.3 Å². The van der Waals surface area contributed by atoms with Crippen molar-refractivity contribution in [1.29, 1.82) is 0 Å². The summed E-state index contributed by atoms with van der Waals surface area (Å²) in [5.74, 6) is -0.256. The van der Waals surface area contributed by atoms with Crippen LogP contribution in [0.4, 0.5) is 0 Å². The molecule has 1 rings (SSSR count). The van der Waals surface area contributed by atoms with Gasteiger partial charge in [-0.3, -0.25) is 9.69 Å². The summed E-state index contributed by atoms with van der Waals surface area (Å²) in [5, 5.41) is 2.79. The maximum absolute atomic E-state index is 12.2. The molecule has 0 aliphatic heterocycles. The Kier molecular flexibility index (Phi) is 6.59. The zero-order chi connectivity index (χ0) is 15.3. The average Bonchev–Trinajstić information content (AvgIpc) is 2.38. The first kappa shape index (κ1) is 17.6. The van der Waals surface area contributed by atoms with Crippen LogP contribution in [0.5, 0.6) is 0 Å². The lowest BCUT2D eigenvalue weighted by atomic mass is 10.1. The third-order valence-corrected chi connectivity index (χ3v) is 3.69. The van der Waals surface area contributed by atoms with Crippen LogP contribution in [0.1, 0.15) is 29.8 Å². The van der Waals surface area contributed by atoms with E-state index in [1.807, 2.05) is 37.8 Å². The maximum atomic E-state index is 12.2. The fourth-order valence-electron chi connectivity index (χ4n) is 1.88. The van der Waals surface area contributed by atoms with Crippen molar-refractivity contribution < 1.29 is 4.79 Å². The number of aryl methyl sites for hydroxylation is 1. The first-order valence-electron chi connectivity index (χ1n) is 6.47. The van der Waals surface area contributed by atoms with Gasteiger partial charge in [-0.05, 0) is 32.1 Å². The van der Waals surface area contributed by atoms with Gasteiger partial charge < -0.3 is 5.32 Å². The average molecular weight is 338 g/mol. The predicted molar refractivity (Wildman–Crippen MR) is 85.6 cm³/mol. The van der Waals surface area contributed by atoms with E-state index in [0.29, 0.717) is 18.7 Å². The lowest BCUT2D eigenvalue weighted by Gasteiger charge is -2.35. The molecule has 0 aliphatic carbocycles. The molecule has 0 fully saturated rings. The molecule has 0 unspecified atom stereocenters. The van der Waals surface area contributed by atoms with Crippen molar-refractivity contribution in [2.24, 2.45) is 0 Å². The minimum absolute atomic E-state index is 0.256. The summed E-state index contributed by atoms with van der Waals surface area (Å²) >= 11 is 17.9. The topological polar surface area (TPSA) is 32.3 Å².